The number of piperidine rings is 1. The highest BCUT2D eigenvalue weighted by Gasteiger charge is 2.28. The number of benzene rings is 2. The summed E-state index contributed by atoms with van der Waals surface area (Å²) in [5.41, 5.74) is 5.96. The van der Waals surface area contributed by atoms with Crippen LogP contribution in [0.15, 0.2) is 48.5 Å². The molecular weight excluding hydrogens is 346 g/mol. The average Bonchev–Trinajstić information content (AvgIpc) is 2.73. The van der Waals surface area contributed by atoms with Crippen molar-refractivity contribution in [2.24, 2.45) is 5.92 Å². The zero-order valence-corrected chi connectivity index (χ0v) is 16.9. The van der Waals surface area contributed by atoms with Crippen LogP contribution in [0, 0.1) is 5.92 Å². The molecule has 2 aromatic carbocycles. The zero-order valence-electron chi connectivity index (χ0n) is 16.9. The Hall–Kier alpha value is -2.13. The van der Waals surface area contributed by atoms with Gasteiger partial charge in [-0.05, 0) is 74.4 Å². The summed E-state index contributed by atoms with van der Waals surface area (Å²) in [4.78, 5) is 14.6. The maximum absolute atomic E-state index is 12.1. The SMILES string of the molecule is CCOC(=O)C1CCCN(CCCC2c3ccccc3Cc3ccccc32)C1. The molecule has 1 fully saturated rings. The highest BCUT2D eigenvalue weighted by Crippen LogP contribution is 2.39. The third kappa shape index (κ3) is 4.15. The molecule has 0 radical (unpaired) electrons. The standard InChI is InChI=1S/C25H31NO2/c1-2-28-25(27)21-11-7-15-26(18-21)16-8-14-24-22-12-5-3-9-19(22)17-20-10-4-6-13-23(20)24/h3-6,9-10,12-13,21,24H,2,7-8,11,14-18H2,1H3. The molecule has 0 spiro atoms. The van der Waals surface area contributed by atoms with Gasteiger partial charge in [-0.3, -0.25) is 4.79 Å². The predicted octanol–water partition coefficient (Wildman–Crippen LogP) is 4.78. The van der Waals surface area contributed by atoms with Crippen LogP contribution in [-0.2, 0) is 16.0 Å². The van der Waals surface area contributed by atoms with Gasteiger partial charge in [0, 0.05) is 12.5 Å². The largest absolute Gasteiger partial charge is 0.466 e. The number of hydrogen-bond acceptors (Lipinski definition) is 3. The molecule has 1 unspecified atom stereocenters. The van der Waals surface area contributed by atoms with E-state index in [1.54, 1.807) is 0 Å². The van der Waals surface area contributed by atoms with Gasteiger partial charge in [0.25, 0.3) is 0 Å². The molecule has 148 valence electrons. The van der Waals surface area contributed by atoms with Crippen molar-refractivity contribution in [1.82, 2.24) is 4.90 Å². The van der Waals surface area contributed by atoms with Gasteiger partial charge in [0.15, 0.2) is 0 Å². The summed E-state index contributed by atoms with van der Waals surface area (Å²) < 4.78 is 5.24. The number of hydrogen-bond donors (Lipinski definition) is 0. The van der Waals surface area contributed by atoms with E-state index in [1.165, 1.54) is 22.3 Å². The lowest BCUT2D eigenvalue weighted by Gasteiger charge is -2.33. The van der Waals surface area contributed by atoms with Gasteiger partial charge < -0.3 is 9.64 Å². The first kappa shape index (κ1) is 19.2. The molecule has 1 atom stereocenters. The van der Waals surface area contributed by atoms with Crippen molar-refractivity contribution in [2.75, 3.05) is 26.2 Å². The maximum atomic E-state index is 12.1. The van der Waals surface area contributed by atoms with E-state index < -0.39 is 0 Å². The number of ether oxygens (including phenoxy) is 1. The fourth-order valence-corrected chi connectivity index (χ4v) is 4.98. The first-order chi connectivity index (χ1) is 13.8. The molecular formula is C25H31NO2. The van der Waals surface area contributed by atoms with E-state index in [-0.39, 0.29) is 11.9 Å². The molecule has 1 saturated heterocycles. The molecule has 3 heteroatoms. The van der Waals surface area contributed by atoms with Crippen LogP contribution in [0.2, 0.25) is 0 Å². The van der Waals surface area contributed by atoms with Gasteiger partial charge >= 0.3 is 5.97 Å². The van der Waals surface area contributed by atoms with E-state index in [1.807, 2.05) is 6.92 Å². The van der Waals surface area contributed by atoms with Crippen molar-refractivity contribution < 1.29 is 9.53 Å². The third-order valence-corrected chi connectivity index (χ3v) is 6.33. The van der Waals surface area contributed by atoms with Crippen LogP contribution in [0.3, 0.4) is 0 Å². The van der Waals surface area contributed by atoms with Gasteiger partial charge in [0.1, 0.15) is 0 Å². The monoisotopic (exact) mass is 377 g/mol. The summed E-state index contributed by atoms with van der Waals surface area (Å²) in [6, 6.07) is 17.9. The first-order valence-electron chi connectivity index (χ1n) is 10.8. The Labute approximate surface area is 168 Å². The summed E-state index contributed by atoms with van der Waals surface area (Å²) in [7, 11) is 0. The van der Waals surface area contributed by atoms with Crippen molar-refractivity contribution >= 4 is 5.97 Å². The number of carbonyl (C=O) groups excluding carboxylic acids is 1. The lowest BCUT2D eigenvalue weighted by molar-refractivity contribution is -0.149. The Morgan fingerprint density at radius 2 is 1.75 bits per heavy atom. The van der Waals surface area contributed by atoms with Crippen LogP contribution in [0.4, 0.5) is 0 Å². The molecule has 0 N–H and O–H groups in total. The molecule has 0 bridgehead atoms. The molecule has 0 aromatic heterocycles. The highest BCUT2D eigenvalue weighted by atomic mass is 16.5. The molecule has 4 rings (SSSR count). The summed E-state index contributed by atoms with van der Waals surface area (Å²) in [5, 5.41) is 0. The van der Waals surface area contributed by atoms with Crippen LogP contribution in [0.5, 0.6) is 0 Å². The summed E-state index contributed by atoms with van der Waals surface area (Å²) in [6.07, 6.45) is 5.44. The fourth-order valence-electron chi connectivity index (χ4n) is 4.98. The Morgan fingerprint density at radius 1 is 1.07 bits per heavy atom. The number of rotatable bonds is 6. The van der Waals surface area contributed by atoms with Crippen molar-refractivity contribution in [2.45, 2.75) is 44.9 Å². The van der Waals surface area contributed by atoms with Crippen LogP contribution < -0.4 is 0 Å². The first-order valence-corrected chi connectivity index (χ1v) is 10.8. The Bertz CT molecular complexity index is 770. The molecule has 2 aromatic rings. The van der Waals surface area contributed by atoms with Gasteiger partial charge in [0.05, 0.1) is 12.5 Å². The van der Waals surface area contributed by atoms with E-state index in [4.69, 9.17) is 4.74 Å². The highest BCUT2D eigenvalue weighted by molar-refractivity contribution is 5.72. The maximum Gasteiger partial charge on any atom is 0.310 e. The predicted molar refractivity (Wildman–Crippen MR) is 113 cm³/mol. The quantitative estimate of drug-likeness (QED) is 0.679. The van der Waals surface area contributed by atoms with Crippen molar-refractivity contribution in [3.05, 3.63) is 70.8 Å². The number of fused-ring (bicyclic) bond motifs is 2. The Kier molecular flexibility index (Phi) is 6.11. The second-order valence-electron chi connectivity index (χ2n) is 8.16. The molecule has 28 heavy (non-hydrogen) atoms. The van der Waals surface area contributed by atoms with E-state index in [0.717, 1.165) is 51.7 Å². The Balaban J connectivity index is 1.39. The minimum Gasteiger partial charge on any atom is -0.466 e. The third-order valence-electron chi connectivity index (χ3n) is 6.33. The average molecular weight is 378 g/mol. The normalized spacial score (nSPS) is 19.7. The number of carbonyl (C=O) groups is 1. The molecule has 1 heterocycles. The lowest BCUT2D eigenvalue weighted by atomic mass is 9.76. The minimum absolute atomic E-state index is 0.0117. The summed E-state index contributed by atoms with van der Waals surface area (Å²) in [6.45, 7) is 5.40. The van der Waals surface area contributed by atoms with Crippen LogP contribution in [0.25, 0.3) is 0 Å². The number of nitrogens with zero attached hydrogens (tertiary/aromatic N) is 1. The number of esters is 1. The van der Waals surface area contributed by atoms with Gasteiger partial charge in [-0.2, -0.15) is 0 Å². The van der Waals surface area contributed by atoms with Crippen LogP contribution in [-0.4, -0.2) is 37.1 Å². The van der Waals surface area contributed by atoms with Gasteiger partial charge in [-0.15, -0.1) is 0 Å². The van der Waals surface area contributed by atoms with E-state index >= 15 is 0 Å². The van der Waals surface area contributed by atoms with Crippen LogP contribution in [0.1, 0.15) is 60.8 Å². The van der Waals surface area contributed by atoms with E-state index in [2.05, 4.69) is 53.4 Å². The minimum atomic E-state index is -0.0117. The van der Waals surface area contributed by atoms with Gasteiger partial charge in [-0.25, -0.2) is 0 Å². The summed E-state index contributed by atoms with van der Waals surface area (Å²) in [5.74, 6) is 0.541. The summed E-state index contributed by atoms with van der Waals surface area (Å²) >= 11 is 0. The van der Waals surface area contributed by atoms with Gasteiger partial charge in [0.2, 0.25) is 0 Å². The molecule has 1 aliphatic heterocycles. The smallest absolute Gasteiger partial charge is 0.310 e. The van der Waals surface area contributed by atoms with Crippen molar-refractivity contribution in [3.63, 3.8) is 0 Å². The Morgan fingerprint density at radius 3 is 2.43 bits per heavy atom. The van der Waals surface area contributed by atoms with Crippen LogP contribution >= 0.6 is 0 Å². The second-order valence-corrected chi connectivity index (χ2v) is 8.16. The lowest BCUT2D eigenvalue weighted by Crippen LogP contribution is -2.39. The molecule has 1 aliphatic carbocycles. The fraction of sp³-hybridized carbons (Fsp3) is 0.480. The molecule has 0 amide bonds. The van der Waals surface area contributed by atoms with E-state index in [0.29, 0.717) is 12.5 Å². The number of likely N-dealkylation sites (tertiary alicyclic amines) is 1. The topological polar surface area (TPSA) is 29.5 Å². The molecule has 2 aliphatic rings. The zero-order chi connectivity index (χ0) is 19.3. The van der Waals surface area contributed by atoms with E-state index in [9.17, 15) is 4.79 Å². The van der Waals surface area contributed by atoms with Crippen molar-refractivity contribution in [1.29, 1.82) is 0 Å². The molecule has 3 nitrogen and oxygen atoms in total. The van der Waals surface area contributed by atoms with Crippen molar-refractivity contribution in [3.8, 4) is 0 Å². The van der Waals surface area contributed by atoms with Gasteiger partial charge in [-0.1, -0.05) is 48.5 Å². The second kappa shape index (κ2) is 8.91. The molecule has 0 saturated carbocycles.